The molecule has 0 bridgehead atoms. The van der Waals surface area contributed by atoms with Crippen molar-refractivity contribution in [1.82, 2.24) is 5.32 Å². The Morgan fingerprint density at radius 3 is 2.42 bits per heavy atom. The molecule has 188 valence electrons. The van der Waals surface area contributed by atoms with Crippen LogP contribution < -0.4 is 21.0 Å². The Morgan fingerprint density at radius 2 is 1.63 bits per heavy atom. The third-order valence-electron chi connectivity index (χ3n) is 6.03. The summed E-state index contributed by atoms with van der Waals surface area (Å²) in [5, 5.41) is 6.75. The number of anilines is 1. The molecule has 0 aliphatic rings. The number of nitrogens with one attached hydrogen (secondary N) is 2. The molecule has 0 saturated carbocycles. The van der Waals surface area contributed by atoms with Crippen LogP contribution in [0.5, 0.6) is 5.75 Å². The highest BCUT2D eigenvalue weighted by Crippen LogP contribution is 2.26. The molecule has 0 aliphatic heterocycles. The number of benzene rings is 4. The molecule has 0 radical (unpaired) electrons. The van der Waals surface area contributed by atoms with Gasteiger partial charge in [0.15, 0.2) is 5.11 Å². The molecule has 5 rings (SSSR count). The zero-order valence-corrected chi connectivity index (χ0v) is 21.4. The van der Waals surface area contributed by atoms with Crippen molar-refractivity contribution in [3.05, 3.63) is 130 Å². The lowest BCUT2D eigenvalue weighted by Gasteiger charge is -2.13. The molecule has 2 N–H and O–H groups in total. The Kier molecular flexibility index (Phi) is 7.28. The highest BCUT2D eigenvalue weighted by atomic mass is 32.1. The van der Waals surface area contributed by atoms with E-state index < -0.39 is 5.63 Å². The summed E-state index contributed by atoms with van der Waals surface area (Å²) >= 11 is 5.39. The molecule has 4 aromatic carbocycles. The van der Waals surface area contributed by atoms with Crippen molar-refractivity contribution in [3.8, 4) is 16.9 Å². The van der Waals surface area contributed by atoms with Crippen LogP contribution in [0, 0.1) is 6.92 Å². The molecule has 0 atom stereocenters. The summed E-state index contributed by atoms with van der Waals surface area (Å²) in [4.78, 5) is 25.4. The van der Waals surface area contributed by atoms with E-state index in [-0.39, 0.29) is 11.0 Å². The van der Waals surface area contributed by atoms with Gasteiger partial charge in [-0.3, -0.25) is 10.1 Å². The summed E-state index contributed by atoms with van der Waals surface area (Å²) in [6.07, 6.45) is 0. The number of carbonyl (C=O) groups excluding carboxylic acids is 1. The number of ether oxygens (including phenoxy) is 1. The maximum atomic E-state index is 12.7. The van der Waals surface area contributed by atoms with Gasteiger partial charge in [0.25, 0.3) is 5.91 Å². The van der Waals surface area contributed by atoms with Crippen LogP contribution in [0.15, 0.2) is 112 Å². The SMILES string of the molecule is Cc1ccc(-c2cc3ccccc3oc2=O)cc1NC(=S)NC(=O)c1ccc(OCc2ccccc2)cc1. The Hall–Kier alpha value is -4.75. The van der Waals surface area contributed by atoms with Crippen LogP contribution in [0.25, 0.3) is 22.1 Å². The van der Waals surface area contributed by atoms with Gasteiger partial charge < -0.3 is 14.5 Å². The zero-order chi connectivity index (χ0) is 26.5. The fourth-order valence-corrected chi connectivity index (χ4v) is 4.16. The lowest BCUT2D eigenvalue weighted by Crippen LogP contribution is -2.34. The standard InChI is InChI=1S/C31H24N2O4S/c1-20-11-12-23(26-17-24-9-5-6-10-28(24)37-30(26)35)18-27(20)32-31(38)33-29(34)22-13-15-25(16-14-22)36-19-21-7-3-2-4-8-21/h2-18H,19H2,1H3,(H2,32,33,34,38). The van der Waals surface area contributed by atoms with Crippen molar-refractivity contribution >= 4 is 39.9 Å². The number of rotatable bonds is 6. The molecule has 6 nitrogen and oxygen atoms in total. The predicted octanol–water partition coefficient (Wildman–Crippen LogP) is 6.47. The zero-order valence-electron chi connectivity index (χ0n) is 20.6. The van der Waals surface area contributed by atoms with Gasteiger partial charge in [-0.25, -0.2) is 4.79 Å². The highest BCUT2D eigenvalue weighted by molar-refractivity contribution is 7.80. The molecule has 38 heavy (non-hydrogen) atoms. The topological polar surface area (TPSA) is 80.6 Å². The van der Waals surface area contributed by atoms with E-state index in [4.69, 9.17) is 21.4 Å². The molecule has 0 aliphatic carbocycles. The lowest BCUT2D eigenvalue weighted by molar-refractivity contribution is 0.0977. The average Bonchev–Trinajstić information content (AvgIpc) is 2.93. The Bertz CT molecular complexity index is 1680. The van der Waals surface area contributed by atoms with Crippen LogP contribution in [0.1, 0.15) is 21.5 Å². The Morgan fingerprint density at radius 1 is 0.895 bits per heavy atom. The molecule has 0 fully saturated rings. The van der Waals surface area contributed by atoms with Gasteiger partial charge in [-0.1, -0.05) is 60.7 Å². The second-order valence-corrected chi connectivity index (χ2v) is 9.13. The molecule has 7 heteroatoms. The predicted molar refractivity (Wildman–Crippen MR) is 154 cm³/mol. The average molecular weight is 521 g/mol. The van der Waals surface area contributed by atoms with Gasteiger partial charge in [0.2, 0.25) is 0 Å². The van der Waals surface area contributed by atoms with E-state index >= 15 is 0 Å². The minimum atomic E-state index is -0.425. The highest BCUT2D eigenvalue weighted by Gasteiger charge is 2.12. The number of hydrogen-bond acceptors (Lipinski definition) is 5. The first-order valence-electron chi connectivity index (χ1n) is 12.0. The maximum Gasteiger partial charge on any atom is 0.344 e. The van der Waals surface area contributed by atoms with Gasteiger partial charge in [0.1, 0.15) is 17.9 Å². The van der Waals surface area contributed by atoms with E-state index in [0.717, 1.165) is 16.5 Å². The van der Waals surface area contributed by atoms with Crippen LogP contribution >= 0.6 is 12.2 Å². The third kappa shape index (κ3) is 5.79. The fraction of sp³-hybridized carbons (Fsp3) is 0.0645. The second-order valence-electron chi connectivity index (χ2n) is 8.72. The monoisotopic (exact) mass is 520 g/mol. The molecule has 0 saturated heterocycles. The number of aryl methyl sites for hydroxylation is 1. The lowest BCUT2D eigenvalue weighted by atomic mass is 10.0. The van der Waals surface area contributed by atoms with Crippen molar-refractivity contribution in [2.75, 3.05) is 5.32 Å². The van der Waals surface area contributed by atoms with Crippen molar-refractivity contribution in [1.29, 1.82) is 0 Å². The quantitative estimate of drug-likeness (QED) is 0.197. The van der Waals surface area contributed by atoms with Crippen LogP contribution in [-0.2, 0) is 6.61 Å². The van der Waals surface area contributed by atoms with Crippen molar-refractivity contribution in [3.63, 3.8) is 0 Å². The van der Waals surface area contributed by atoms with Gasteiger partial charge >= 0.3 is 5.63 Å². The van der Waals surface area contributed by atoms with Crippen molar-refractivity contribution in [2.24, 2.45) is 0 Å². The second kappa shape index (κ2) is 11.1. The molecule has 1 heterocycles. The Balaban J connectivity index is 1.25. The summed E-state index contributed by atoms with van der Waals surface area (Å²) in [6, 6.07) is 31.4. The largest absolute Gasteiger partial charge is 0.489 e. The normalized spacial score (nSPS) is 10.7. The number of thiocarbonyl (C=S) groups is 1. The van der Waals surface area contributed by atoms with E-state index in [1.165, 1.54) is 0 Å². The molecule has 0 spiro atoms. The number of carbonyl (C=O) groups is 1. The van der Waals surface area contributed by atoms with Crippen LogP contribution in [0.2, 0.25) is 0 Å². The molecular weight excluding hydrogens is 496 g/mol. The van der Waals surface area contributed by atoms with E-state index in [0.29, 0.717) is 40.3 Å². The summed E-state index contributed by atoms with van der Waals surface area (Å²) in [7, 11) is 0. The van der Waals surface area contributed by atoms with Gasteiger partial charge in [-0.05, 0) is 78.3 Å². The summed E-state index contributed by atoms with van der Waals surface area (Å²) in [6.45, 7) is 2.35. The minimum absolute atomic E-state index is 0.144. The molecule has 1 aromatic heterocycles. The van der Waals surface area contributed by atoms with Crippen molar-refractivity contribution in [2.45, 2.75) is 13.5 Å². The van der Waals surface area contributed by atoms with Gasteiger partial charge in [0, 0.05) is 16.6 Å². The van der Waals surface area contributed by atoms with Crippen LogP contribution in [0.3, 0.4) is 0 Å². The first-order valence-corrected chi connectivity index (χ1v) is 12.4. The van der Waals surface area contributed by atoms with E-state index in [1.54, 1.807) is 30.3 Å². The first-order chi connectivity index (χ1) is 18.5. The number of para-hydroxylation sites is 1. The summed E-state index contributed by atoms with van der Waals surface area (Å²) in [5.41, 5.74) is 4.30. The van der Waals surface area contributed by atoms with Gasteiger partial charge in [-0.15, -0.1) is 0 Å². The maximum absolute atomic E-state index is 12.7. The van der Waals surface area contributed by atoms with E-state index in [2.05, 4.69) is 10.6 Å². The van der Waals surface area contributed by atoms with Crippen LogP contribution in [-0.4, -0.2) is 11.0 Å². The first kappa shape index (κ1) is 24.9. The van der Waals surface area contributed by atoms with E-state index in [9.17, 15) is 9.59 Å². The fourth-order valence-electron chi connectivity index (χ4n) is 3.96. The van der Waals surface area contributed by atoms with Crippen LogP contribution in [0.4, 0.5) is 5.69 Å². The molecule has 5 aromatic rings. The summed E-state index contributed by atoms with van der Waals surface area (Å²) in [5.74, 6) is 0.317. The molecular formula is C31H24N2O4S. The van der Waals surface area contributed by atoms with Crippen molar-refractivity contribution < 1.29 is 13.9 Å². The van der Waals surface area contributed by atoms with E-state index in [1.807, 2.05) is 79.7 Å². The smallest absolute Gasteiger partial charge is 0.344 e. The number of fused-ring (bicyclic) bond motifs is 1. The van der Waals surface area contributed by atoms with Gasteiger partial charge in [-0.2, -0.15) is 0 Å². The third-order valence-corrected chi connectivity index (χ3v) is 6.23. The molecule has 0 unspecified atom stereocenters. The number of hydrogen-bond donors (Lipinski definition) is 2. The molecule has 1 amide bonds. The Labute approximate surface area is 224 Å². The minimum Gasteiger partial charge on any atom is -0.489 e. The summed E-state index contributed by atoms with van der Waals surface area (Å²) < 4.78 is 11.3. The van der Waals surface area contributed by atoms with Gasteiger partial charge in [0.05, 0.1) is 5.56 Å². The number of amides is 1.